The molecular formula is C11H21N5O. The third-order valence-corrected chi connectivity index (χ3v) is 2.46. The van der Waals surface area contributed by atoms with Crippen molar-refractivity contribution in [3.05, 3.63) is 12.2 Å². The van der Waals surface area contributed by atoms with Crippen molar-refractivity contribution in [3.63, 3.8) is 0 Å². The predicted molar refractivity (Wildman–Crippen MR) is 65.3 cm³/mol. The number of amides is 1. The maximum atomic E-state index is 11.4. The number of rotatable bonds is 8. The van der Waals surface area contributed by atoms with E-state index in [0.717, 1.165) is 31.8 Å². The maximum Gasteiger partial charge on any atom is 0.233 e. The highest BCUT2D eigenvalue weighted by atomic mass is 16.1. The molecule has 0 spiro atoms. The fourth-order valence-electron chi connectivity index (χ4n) is 1.43. The molecule has 1 rings (SSSR count). The first kappa shape index (κ1) is 13.6. The van der Waals surface area contributed by atoms with Gasteiger partial charge in [0.05, 0.1) is 13.1 Å². The summed E-state index contributed by atoms with van der Waals surface area (Å²) in [7, 11) is 0. The molecule has 0 saturated carbocycles. The molecule has 17 heavy (non-hydrogen) atoms. The number of hydrogen-bond acceptors (Lipinski definition) is 4. The largest absolute Gasteiger partial charge is 0.355 e. The third kappa shape index (κ3) is 4.95. The van der Waals surface area contributed by atoms with E-state index in [9.17, 15) is 4.79 Å². The zero-order chi connectivity index (χ0) is 12.5. The minimum atomic E-state index is 0.0287. The van der Waals surface area contributed by atoms with Gasteiger partial charge in [-0.3, -0.25) is 4.79 Å². The molecule has 96 valence electrons. The highest BCUT2D eigenvalue weighted by Gasteiger charge is 2.03. The van der Waals surface area contributed by atoms with Gasteiger partial charge in [-0.15, -0.1) is 10.2 Å². The second-order valence-corrected chi connectivity index (χ2v) is 3.84. The average molecular weight is 239 g/mol. The molecule has 0 aliphatic carbocycles. The lowest BCUT2D eigenvalue weighted by molar-refractivity contribution is -0.120. The zero-order valence-electron chi connectivity index (χ0n) is 10.6. The van der Waals surface area contributed by atoms with Gasteiger partial charge in [-0.1, -0.05) is 13.3 Å². The van der Waals surface area contributed by atoms with E-state index in [1.807, 2.05) is 11.5 Å². The van der Waals surface area contributed by atoms with Crippen LogP contribution in [0.1, 0.15) is 32.5 Å². The summed E-state index contributed by atoms with van der Waals surface area (Å²) in [6.45, 7) is 6.61. The van der Waals surface area contributed by atoms with Gasteiger partial charge in [0.1, 0.15) is 12.2 Å². The number of aromatic nitrogens is 3. The Kier molecular flexibility index (Phi) is 6.24. The van der Waals surface area contributed by atoms with E-state index in [-0.39, 0.29) is 5.91 Å². The van der Waals surface area contributed by atoms with E-state index in [1.54, 1.807) is 6.33 Å². The SMILES string of the molecule is CCCCNC(=O)CNCc1nncn1CC. The molecule has 0 aromatic carbocycles. The summed E-state index contributed by atoms with van der Waals surface area (Å²) in [5, 5.41) is 13.7. The van der Waals surface area contributed by atoms with Crippen molar-refractivity contribution in [2.45, 2.75) is 39.8 Å². The van der Waals surface area contributed by atoms with Gasteiger partial charge >= 0.3 is 0 Å². The van der Waals surface area contributed by atoms with Gasteiger partial charge in [-0.05, 0) is 13.3 Å². The van der Waals surface area contributed by atoms with Crippen molar-refractivity contribution in [1.29, 1.82) is 0 Å². The van der Waals surface area contributed by atoms with Crippen LogP contribution in [0.3, 0.4) is 0 Å². The Morgan fingerprint density at radius 3 is 3.00 bits per heavy atom. The van der Waals surface area contributed by atoms with Crippen LogP contribution in [0.4, 0.5) is 0 Å². The molecule has 6 nitrogen and oxygen atoms in total. The summed E-state index contributed by atoms with van der Waals surface area (Å²) < 4.78 is 1.95. The van der Waals surface area contributed by atoms with Gasteiger partial charge in [0.25, 0.3) is 0 Å². The van der Waals surface area contributed by atoms with Gasteiger partial charge in [0, 0.05) is 13.1 Å². The first-order valence-corrected chi connectivity index (χ1v) is 6.12. The Bertz CT molecular complexity index is 336. The van der Waals surface area contributed by atoms with E-state index in [1.165, 1.54) is 0 Å². The van der Waals surface area contributed by atoms with Crippen LogP contribution >= 0.6 is 0 Å². The van der Waals surface area contributed by atoms with Crippen molar-refractivity contribution >= 4 is 5.91 Å². The number of nitrogens with one attached hydrogen (secondary N) is 2. The molecule has 1 aromatic rings. The van der Waals surface area contributed by atoms with E-state index in [4.69, 9.17) is 0 Å². The Morgan fingerprint density at radius 1 is 1.47 bits per heavy atom. The summed E-state index contributed by atoms with van der Waals surface area (Å²) in [5.74, 6) is 0.884. The Hall–Kier alpha value is -1.43. The second kappa shape index (κ2) is 7.78. The number of carbonyl (C=O) groups is 1. The lowest BCUT2D eigenvalue weighted by Crippen LogP contribution is -2.34. The van der Waals surface area contributed by atoms with Gasteiger partial charge < -0.3 is 15.2 Å². The quantitative estimate of drug-likeness (QED) is 0.640. The van der Waals surface area contributed by atoms with Crippen LogP contribution in [0.5, 0.6) is 0 Å². The van der Waals surface area contributed by atoms with Crippen LogP contribution in [0.2, 0.25) is 0 Å². The molecule has 0 saturated heterocycles. The normalized spacial score (nSPS) is 10.5. The van der Waals surface area contributed by atoms with Gasteiger partial charge in [-0.25, -0.2) is 0 Å². The molecule has 1 aromatic heterocycles. The van der Waals surface area contributed by atoms with Crippen molar-refractivity contribution in [3.8, 4) is 0 Å². The Labute approximate surface area is 102 Å². The van der Waals surface area contributed by atoms with Crippen molar-refractivity contribution in [1.82, 2.24) is 25.4 Å². The lowest BCUT2D eigenvalue weighted by Gasteiger charge is -2.06. The summed E-state index contributed by atoms with van der Waals surface area (Å²) in [6, 6.07) is 0. The third-order valence-electron chi connectivity index (χ3n) is 2.46. The van der Waals surface area contributed by atoms with Crippen LogP contribution in [0.25, 0.3) is 0 Å². The molecule has 1 amide bonds. The summed E-state index contributed by atoms with van der Waals surface area (Å²) in [6.07, 6.45) is 3.81. The summed E-state index contributed by atoms with van der Waals surface area (Å²) in [5.41, 5.74) is 0. The van der Waals surface area contributed by atoms with E-state index in [2.05, 4.69) is 27.8 Å². The van der Waals surface area contributed by atoms with Crippen molar-refractivity contribution < 1.29 is 4.79 Å². The molecule has 0 bridgehead atoms. The fourth-order valence-corrected chi connectivity index (χ4v) is 1.43. The highest BCUT2D eigenvalue weighted by molar-refractivity contribution is 5.77. The molecule has 6 heteroatoms. The first-order valence-electron chi connectivity index (χ1n) is 6.12. The number of aryl methyl sites for hydroxylation is 1. The number of unbranched alkanes of at least 4 members (excludes halogenated alkanes) is 1. The standard InChI is InChI=1S/C11H21N5O/c1-3-5-6-13-11(17)8-12-7-10-15-14-9-16(10)4-2/h9,12H,3-8H2,1-2H3,(H,13,17). The van der Waals surface area contributed by atoms with Crippen LogP contribution in [-0.4, -0.2) is 33.8 Å². The van der Waals surface area contributed by atoms with Crippen LogP contribution in [-0.2, 0) is 17.9 Å². The zero-order valence-corrected chi connectivity index (χ0v) is 10.6. The molecule has 0 unspecified atom stereocenters. The molecule has 0 radical (unpaired) electrons. The van der Waals surface area contributed by atoms with Crippen LogP contribution in [0, 0.1) is 0 Å². The number of hydrogen-bond donors (Lipinski definition) is 2. The molecule has 0 aliphatic heterocycles. The molecular weight excluding hydrogens is 218 g/mol. The molecule has 0 aliphatic rings. The van der Waals surface area contributed by atoms with E-state index >= 15 is 0 Å². The van der Waals surface area contributed by atoms with Gasteiger partial charge in [0.2, 0.25) is 5.91 Å². The first-order chi connectivity index (χ1) is 8.27. The summed E-state index contributed by atoms with van der Waals surface area (Å²) in [4.78, 5) is 11.4. The minimum Gasteiger partial charge on any atom is -0.355 e. The molecule has 2 N–H and O–H groups in total. The average Bonchev–Trinajstić information content (AvgIpc) is 2.77. The monoisotopic (exact) mass is 239 g/mol. The number of nitrogens with zero attached hydrogens (tertiary/aromatic N) is 3. The smallest absolute Gasteiger partial charge is 0.233 e. The maximum absolute atomic E-state index is 11.4. The predicted octanol–water partition coefficient (Wildman–Crippen LogP) is 0.304. The minimum absolute atomic E-state index is 0.0287. The van der Waals surface area contributed by atoms with Gasteiger partial charge in [-0.2, -0.15) is 0 Å². The number of carbonyl (C=O) groups excluding carboxylic acids is 1. The highest BCUT2D eigenvalue weighted by Crippen LogP contribution is 1.93. The van der Waals surface area contributed by atoms with Crippen LogP contribution in [0.15, 0.2) is 6.33 Å². The second-order valence-electron chi connectivity index (χ2n) is 3.84. The van der Waals surface area contributed by atoms with Crippen molar-refractivity contribution in [2.75, 3.05) is 13.1 Å². The molecule has 0 atom stereocenters. The van der Waals surface area contributed by atoms with Crippen molar-refractivity contribution in [2.24, 2.45) is 0 Å². The van der Waals surface area contributed by atoms with Gasteiger partial charge in [0.15, 0.2) is 0 Å². The fraction of sp³-hybridized carbons (Fsp3) is 0.727. The lowest BCUT2D eigenvalue weighted by atomic mass is 10.3. The Balaban J connectivity index is 2.17. The molecule has 1 heterocycles. The summed E-state index contributed by atoms with van der Waals surface area (Å²) >= 11 is 0. The van der Waals surface area contributed by atoms with E-state index < -0.39 is 0 Å². The Morgan fingerprint density at radius 2 is 2.29 bits per heavy atom. The van der Waals surface area contributed by atoms with Crippen LogP contribution < -0.4 is 10.6 Å². The molecule has 0 fully saturated rings. The topological polar surface area (TPSA) is 71.8 Å². The van der Waals surface area contributed by atoms with E-state index in [0.29, 0.717) is 13.1 Å².